The monoisotopic (exact) mass is 240 g/mol. The van der Waals surface area contributed by atoms with E-state index in [1.54, 1.807) is 0 Å². The Kier molecular flexibility index (Phi) is 2.10. The summed E-state index contributed by atoms with van der Waals surface area (Å²) in [7, 11) is 0. The van der Waals surface area contributed by atoms with Crippen molar-refractivity contribution < 1.29 is 4.74 Å². The predicted octanol–water partition coefficient (Wildman–Crippen LogP) is 0.295. The maximum atomic E-state index is 5.49. The summed E-state index contributed by atoms with van der Waals surface area (Å²) in [6.45, 7) is 1.93. The Morgan fingerprint density at radius 3 is 2.11 bits per heavy atom. The second-order valence-corrected chi connectivity index (χ2v) is 3.17. The molecule has 2 unspecified atom stereocenters. The first-order valence-electron chi connectivity index (χ1n) is 2.65. The summed E-state index contributed by atoms with van der Waals surface area (Å²) in [4.78, 5) is 0. The number of hydrogen-bond acceptors (Lipinski definition) is 3. The number of hydrogen-bond donors (Lipinski definition) is 2. The van der Waals surface area contributed by atoms with Crippen LogP contribution in [0, 0.1) is 0 Å². The maximum absolute atomic E-state index is 5.49. The third-order valence-electron chi connectivity index (χ3n) is 1.35. The molecular weight excluding hydrogens is 231 g/mol. The zero-order valence-electron chi connectivity index (χ0n) is 5.10. The predicted molar refractivity (Wildman–Crippen MR) is 43.8 cm³/mol. The van der Waals surface area contributed by atoms with Gasteiger partial charge in [-0.05, 0) is 35.1 Å². The Morgan fingerprint density at radius 1 is 1.44 bits per heavy atom. The van der Waals surface area contributed by atoms with Crippen molar-refractivity contribution in [1.82, 2.24) is 0 Å². The van der Waals surface area contributed by atoms with Gasteiger partial charge in [-0.2, -0.15) is 0 Å². The molecule has 0 aromatic rings. The summed E-state index contributed by atoms with van der Waals surface area (Å²) >= 11 is 2.15. The molecule has 0 saturated carbocycles. The molecule has 1 heterocycles. The molecule has 3 nitrogen and oxygen atoms in total. The van der Waals surface area contributed by atoms with Crippen molar-refractivity contribution in [3.63, 3.8) is 0 Å². The molecule has 4 N–H and O–H groups in total. The van der Waals surface area contributed by atoms with E-state index < -0.39 is 0 Å². The summed E-state index contributed by atoms with van der Waals surface area (Å²) in [6.07, 6.45) is -0.576. The van der Waals surface area contributed by atoms with Crippen molar-refractivity contribution in [3.05, 3.63) is 9.15 Å². The zero-order valence-corrected chi connectivity index (χ0v) is 7.25. The van der Waals surface area contributed by atoms with E-state index in [1.165, 1.54) is 0 Å². The van der Waals surface area contributed by atoms with Crippen molar-refractivity contribution in [3.8, 4) is 0 Å². The molecule has 52 valence electrons. The largest absolute Gasteiger partial charge is 0.337 e. The molecule has 0 fully saturated rings. The Labute approximate surface area is 67.6 Å². The zero-order chi connectivity index (χ0) is 7.02. The lowest BCUT2D eigenvalue weighted by Crippen LogP contribution is -2.27. The van der Waals surface area contributed by atoms with E-state index in [4.69, 9.17) is 16.2 Å². The van der Waals surface area contributed by atoms with Gasteiger partial charge in [0.2, 0.25) is 0 Å². The number of rotatable bonds is 0. The standard InChI is InChI=1S/C5H9IN2O/c1-2-3(6)5(8)9-4(2)7/h4-5H,7-8H2,1H3. The first-order chi connectivity index (χ1) is 4.13. The lowest BCUT2D eigenvalue weighted by Gasteiger charge is -2.05. The van der Waals surface area contributed by atoms with Gasteiger partial charge in [-0.1, -0.05) is 0 Å². The fourth-order valence-electron chi connectivity index (χ4n) is 0.680. The van der Waals surface area contributed by atoms with E-state index in [0.717, 1.165) is 9.15 Å². The van der Waals surface area contributed by atoms with Gasteiger partial charge in [0.25, 0.3) is 0 Å². The van der Waals surface area contributed by atoms with Gasteiger partial charge >= 0.3 is 0 Å². The van der Waals surface area contributed by atoms with E-state index in [9.17, 15) is 0 Å². The van der Waals surface area contributed by atoms with Crippen LogP contribution in [0.15, 0.2) is 9.15 Å². The highest BCUT2D eigenvalue weighted by Crippen LogP contribution is 2.26. The van der Waals surface area contributed by atoms with E-state index >= 15 is 0 Å². The van der Waals surface area contributed by atoms with Crippen LogP contribution in [-0.4, -0.2) is 12.5 Å². The first-order valence-corrected chi connectivity index (χ1v) is 3.73. The minimum atomic E-state index is -0.291. The van der Waals surface area contributed by atoms with Gasteiger partial charge in [0, 0.05) is 3.58 Å². The van der Waals surface area contributed by atoms with Gasteiger partial charge in [0.1, 0.15) is 12.5 Å². The van der Waals surface area contributed by atoms with Gasteiger partial charge < -0.3 is 16.2 Å². The third kappa shape index (κ3) is 1.26. The highest BCUT2D eigenvalue weighted by Gasteiger charge is 2.24. The Morgan fingerprint density at radius 2 is 2.00 bits per heavy atom. The van der Waals surface area contributed by atoms with E-state index in [-0.39, 0.29) is 12.5 Å². The average molecular weight is 240 g/mol. The fraction of sp³-hybridized carbons (Fsp3) is 0.600. The van der Waals surface area contributed by atoms with Crippen molar-refractivity contribution in [2.75, 3.05) is 0 Å². The molecule has 0 saturated heterocycles. The molecule has 0 spiro atoms. The van der Waals surface area contributed by atoms with Crippen LogP contribution in [0.5, 0.6) is 0 Å². The van der Waals surface area contributed by atoms with E-state index in [2.05, 4.69) is 22.6 Å². The van der Waals surface area contributed by atoms with Crippen LogP contribution >= 0.6 is 22.6 Å². The third-order valence-corrected chi connectivity index (χ3v) is 2.81. The topological polar surface area (TPSA) is 61.3 Å². The quantitative estimate of drug-likeness (QED) is 0.598. The summed E-state index contributed by atoms with van der Waals surface area (Å²) in [5, 5.41) is 0. The molecule has 0 radical (unpaired) electrons. The van der Waals surface area contributed by atoms with Gasteiger partial charge in [0.15, 0.2) is 0 Å². The molecule has 9 heavy (non-hydrogen) atoms. The minimum absolute atomic E-state index is 0.285. The average Bonchev–Trinajstić information content (AvgIpc) is 1.98. The van der Waals surface area contributed by atoms with Crippen LogP contribution in [-0.2, 0) is 4.74 Å². The fourth-order valence-corrected chi connectivity index (χ4v) is 1.13. The van der Waals surface area contributed by atoms with Crippen molar-refractivity contribution in [1.29, 1.82) is 0 Å². The molecule has 1 rings (SSSR count). The molecular formula is C5H9IN2O. The molecule has 0 aromatic heterocycles. The Balaban J connectivity index is 2.79. The van der Waals surface area contributed by atoms with Gasteiger partial charge in [-0.25, -0.2) is 0 Å². The second-order valence-electron chi connectivity index (χ2n) is 2.01. The van der Waals surface area contributed by atoms with Crippen LogP contribution < -0.4 is 11.5 Å². The number of ether oxygens (including phenoxy) is 1. The highest BCUT2D eigenvalue weighted by atomic mass is 127. The summed E-state index contributed by atoms with van der Waals surface area (Å²) in [5.41, 5.74) is 12.0. The van der Waals surface area contributed by atoms with Gasteiger partial charge in [-0.15, -0.1) is 0 Å². The van der Waals surface area contributed by atoms with E-state index in [1.807, 2.05) is 6.92 Å². The highest BCUT2D eigenvalue weighted by molar-refractivity contribution is 14.1. The van der Waals surface area contributed by atoms with E-state index in [0.29, 0.717) is 0 Å². The SMILES string of the molecule is CC1=C(I)C(N)OC1N. The maximum Gasteiger partial charge on any atom is 0.140 e. The summed E-state index contributed by atoms with van der Waals surface area (Å²) in [5.74, 6) is 0. The lowest BCUT2D eigenvalue weighted by molar-refractivity contribution is 0.0639. The normalized spacial score (nSPS) is 36.0. The lowest BCUT2D eigenvalue weighted by atomic mass is 10.3. The van der Waals surface area contributed by atoms with Gasteiger partial charge in [-0.3, -0.25) is 0 Å². The summed E-state index contributed by atoms with van der Waals surface area (Å²) in [6, 6.07) is 0. The number of halogens is 1. The summed E-state index contributed by atoms with van der Waals surface area (Å²) < 4.78 is 6.09. The number of nitrogens with two attached hydrogens (primary N) is 2. The first kappa shape index (κ1) is 7.46. The van der Waals surface area contributed by atoms with Crippen LogP contribution in [0.25, 0.3) is 0 Å². The molecule has 0 aromatic carbocycles. The molecule has 1 aliphatic rings. The van der Waals surface area contributed by atoms with Gasteiger partial charge in [0.05, 0.1) is 0 Å². The van der Waals surface area contributed by atoms with Crippen molar-refractivity contribution in [2.45, 2.75) is 19.4 Å². The van der Waals surface area contributed by atoms with Crippen LogP contribution in [0.1, 0.15) is 6.92 Å². The minimum Gasteiger partial charge on any atom is -0.337 e. The molecule has 0 amide bonds. The Bertz CT molecular complexity index is 141. The molecule has 1 aliphatic heterocycles. The molecule has 2 atom stereocenters. The molecule has 0 bridgehead atoms. The molecule has 4 heteroatoms. The Hall–Kier alpha value is 0.350. The van der Waals surface area contributed by atoms with Crippen molar-refractivity contribution >= 4 is 22.6 Å². The smallest absolute Gasteiger partial charge is 0.140 e. The second kappa shape index (κ2) is 2.53. The molecule has 0 aliphatic carbocycles. The van der Waals surface area contributed by atoms with Crippen LogP contribution in [0.4, 0.5) is 0 Å². The van der Waals surface area contributed by atoms with Crippen molar-refractivity contribution in [2.24, 2.45) is 11.5 Å². The van der Waals surface area contributed by atoms with Crippen LogP contribution in [0.2, 0.25) is 0 Å². The van der Waals surface area contributed by atoms with Crippen LogP contribution in [0.3, 0.4) is 0 Å².